The molecule has 0 aliphatic carbocycles. The number of amides is 1. The predicted octanol–water partition coefficient (Wildman–Crippen LogP) is 2.55. The number of nitrogens with zero attached hydrogens (tertiary/aromatic N) is 4. The summed E-state index contributed by atoms with van der Waals surface area (Å²) in [6, 6.07) is 23.3. The number of carbonyl (C=O) groups excluding carboxylic acids is 2. The molecule has 4 rings (SSSR count). The zero-order chi connectivity index (χ0) is 24.6. The molecule has 176 valence electrons. The van der Waals surface area contributed by atoms with Crippen molar-refractivity contribution in [3.63, 3.8) is 0 Å². The number of hydrazone groups is 1. The van der Waals surface area contributed by atoms with Gasteiger partial charge < -0.3 is 14.6 Å². The lowest BCUT2D eigenvalue weighted by Crippen LogP contribution is -2.24. The van der Waals surface area contributed by atoms with Crippen molar-refractivity contribution in [2.45, 2.75) is 5.16 Å². The Balaban J connectivity index is 1.50. The highest BCUT2D eigenvalue weighted by atomic mass is 32.2. The molecule has 3 aromatic carbocycles. The van der Waals surface area contributed by atoms with Crippen LogP contribution in [0.3, 0.4) is 0 Å². The number of aromatic nitrogens is 3. The van der Waals surface area contributed by atoms with Crippen LogP contribution in [0.2, 0.25) is 0 Å². The van der Waals surface area contributed by atoms with E-state index >= 15 is 0 Å². The van der Waals surface area contributed by atoms with Gasteiger partial charge in [-0.3, -0.25) is 9.36 Å². The lowest BCUT2D eigenvalue weighted by molar-refractivity contribution is -0.255. The summed E-state index contributed by atoms with van der Waals surface area (Å²) in [7, 11) is 1.60. The minimum absolute atomic E-state index is 0.0130. The normalized spacial score (nSPS) is 10.9. The first kappa shape index (κ1) is 23.7. The van der Waals surface area contributed by atoms with Crippen LogP contribution >= 0.6 is 11.8 Å². The van der Waals surface area contributed by atoms with Crippen LogP contribution in [-0.4, -0.2) is 45.7 Å². The molecule has 35 heavy (non-hydrogen) atoms. The van der Waals surface area contributed by atoms with Gasteiger partial charge in [0.15, 0.2) is 11.0 Å². The van der Waals surface area contributed by atoms with Crippen LogP contribution in [0.15, 0.2) is 89.1 Å². The number of carbonyl (C=O) groups is 2. The first-order valence-corrected chi connectivity index (χ1v) is 11.5. The zero-order valence-electron chi connectivity index (χ0n) is 18.6. The molecule has 0 atom stereocenters. The van der Waals surface area contributed by atoms with Crippen LogP contribution in [0.5, 0.6) is 5.75 Å². The highest BCUT2D eigenvalue weighted by molar-refractivity contribution is 7.99. The van der Waals surface area contributed by atoms with Crippen LogP contribution in [0.1, 0.15) is 15.9 Å². The van der Waals surface area contributed by atoms with Crippen molar-refractivity contribution >= 4 is 29.9 Å². The third kappa shape index (κ3) is 5.74. The summed E-state index contributed by atoms with van der Waals surface area (Å²) in [6.45, 7) is 0. The molecule has 0 spiro atoms. The lowest BCUT2D eigenvalue weighted by Gasteiger charge is -2.11. The van der Waals surface area contributed by atoms with E-state index < -0.39 is 5.97 Å². The number of hydrogen-bond donors (Lipinski definition) is 1. The number of thioether (sulfide) groups is 1. The van der Waals surface area contributed by atoms with E-state index in [0.717, 1.165) is 17.0 Å². The second-order valence-electron chi connectivity index (χ2n) is 7.16. The fourth-order valence-corrected chi connectivity index (χ4v) is 3.98. The molecule has 0 bridgehead atoms. The standard InChI is InChI=1S/C25H21N5O4S/c1-34-20-13-11-19(12-14-20)30-23(17-7-3-2-4-8-17)28-29-25(30)35-16-22(31)27-26-15-18-9-5-6-10-21(18)24(32)33/h2-15H,16H2,1H3,(H,27,31)(H,32,33)/p-1/b26-15-. The summed E-state index contributed by atoms with van der Waals surface area (Å²) in [5.74, 6) is -0.336. The first-order valence-electron chi connectivity index (χ1n) is 10.5. The van der Waals surface area contributed by atoms with Crippen molar-refractivity contribution in [2.75, 3.05) is 12.9 Å². The average molecular weight is 487 g/mol. The molecule has 1 N–H and O–H groups in total. The summed E-state index contributed by atoms with van der Waals surface area (Å²) in [5, 5.41) is 24.2. The first-order chi connectivity index (χ1) is 17.1. The van der Waals surface area contributed by atoms with Crippen LogP contribution < -0.4 is 15.3 Å². The predicted molar refractivity (Wildman–Crippen MR) is 131 cm³/mol. The fraction of sp³-hybridized carbons (Fsp3) is 0.0800. The Hall–Kier alpha value is -4.44. The van der Waals surface area contributed by atoms with E-state index in [0.29, 0.717) is 16.5 Å². The third-order valence-electron chi connectivity index (χ3n) is 4.90. The molecule has 9 nitrogen and oxygen atoms in total. The smallest absolute Gasteiger partial charge is 0.250 e. The SMILES string of the molecule is COc1ccc(-n2c(SCC(=O)N/N=C\c3ccccc3C(=O)[O-])nnc2-c2ccccc2)cc1. The molecule has 1 heterocycles. The number of carboxylic acids is 1. The maximum Gasteiger partial charge on any atom is 0.250 e. The second-order valence-corrected chi connectivity index (χ2v) is 8.10. The molecule has 0 unspecified atom stereocenters. The molecule has 0 aliphatic rings. The van der Waals surface area contributed by atoms with Crippen molar-refractivity contribution in [2.24, 2.45) is 5.10 Å². The Morgan fingerprint density at radius 1 is 1.03 bits per heavy atom. The van der Waals surface area contributed by atoms with Gasteiger partial charge in [-0.05, 0) is 24.3 Å². The molecule has 0 radical (unpaired) electrons. The van der Waals surface area contributed by atoms with Gasteiger partial charge >= 0.3 is 0 Å². The molecule has 0 saturated carbocycles. The number of rotatable bonds is 9. The molecule has 0 fully saturated rings. The van der Waals surface area contributed by atoms with Gasteiger partial charge in [0, 0.05) is 22.4 Å². The van der Waals surface area contributed by atoms with Crippen molar-refractivity contribution in [3.05, 3.63) is 90.0 Å². The molecular weight excluding hydrogens is 466 g/mol. The van der Waals surface area contributed by atoms with Crippen LogP contribution in [0.25, 0.3) is 17.1 Å². The van der Waals surface area contributed by atoms with Crippen LogP contribution in [0, 0.1) is 0 Å². The number of methoxy groups -OCH3 is 1. The van der Waals surface area contributed by atoms with E-state index in [4.69, 9.17) is 4.74 Å². The number of ether oxygens (including phenoxy) is 1. The number of carboxylic acid groups (broad SMARTS) is 1. The molecule has 10 heteroatoms. The highest BCUT2D eigenvalue weighted by Gasteiger charge is 2.17. The molecular formula is C25H20N5O4S-. The Labute approximate surface area is 205 Å². The molecule has 1 amide bonds. The second kappa shape index (κ2) is 11.1. The van der Waals surface area contributed by atoms with E-state index in [2.05, 4.69) is 20.7 Å². The van der Waals surface area contributed by atoms with Gasteiger partial charge in [-0.2, -0.15) is 5.10 Å². The molecule has 4 aromatic rings. The Morgan fingerprint density at radius 2 is 1.74 bits per heavy atom. The quantitative estimate of drug-likeness (QED) is 0.219. The topological polar surface area (TPSA) is 122 Å². The summed E-state index contributed by atoms with van der Waals surface area (Å²) < 4.78 is 7.12. The number of hydrogen-bond acceptors (Lipinski definition) is 8. The largest absolute Gasteiger partial charge is 0.545 e. The maximum atomic E-state index is 12.4. The van der Waals surface area contributed by atoms with Gasteiger partial charge in [-0.15, -0.1) is 10.2 Å². The minimum atomic E-state index is -1.32. The molecule has 1 aromatic heterocycles. The lowest BCUT2D eigenvalue weighted by atomic mass is 10.1. The van der Waals surface area contributed by atoms with Gasteiger partial charge in [0.2, 0.25) is 0 Å². The van der Waals surface area contributed by atoms with Crippen LogP contribution in [-0.2, 0) is 4.79 Å². The summed E-state index contributed by atoms with van der Waals surface area (Å²) in [6.07, 6.45) is 1.26. The Bertz CT molecular complexity index is 1350. The monoisotopic (exact) mass is 486 g/mol. The highest BCUT2D eigenvalue weighted by Crippen LogP contribution is 2.28. The van der Waals surface area contributed by atoms with Gasteiger partial charge in [0.25, 0.3) is 5.91 Å². The van der Waals surface area contributed by atoms with Gasteiger partial charge in [0.05, 0.1) is 25.0 Å². The van der Waals surface area contributed by atoms with Crippen molar-refractivity contribution in [1.29, 1.82) is 0 Å². The van der Waals surface area contributed by atoms with E-state index in [1.807, 2.05) is 59.2 Å². The van der Waals surface area contributed by atoms with E-state index in [-0.39, 0.29) is 17.2 Å². The van der Waals surface area contributed by atoms with Crippen molar-refractivity contribution < 1.29 is 19.4 Å². The van der Waals surface area contributed by atoms with Crippen molar-refractivity contribution in [3.8, 4) is 22.8 Å². The number of aromatic carboxylic acids is 1. The van der Waals surface area contributed by atoms with Crippen molar-refractivity contribution in [1.82, 2.24) is 20.2 Å². The van der Waals surface area contributed by atoms with E-state index in [1.165, 1.54) is 24.0 Å². The molecule has 0 aliphatic heterocycles. The summed E-state index contributed by atoms with van der Waals surface area (Å²) in [5.41, 5.74) is 4.41. The van der Waals surface area contributed by atoms with E-state index in [9.17, 15) is 14.7 Å². The zero-order valence-corrected chi connectivity index (χ0v) is 19.4. The van der Waals surface area contributed by atoms with Gasteiger partial charge in [-0.1, -0.05) is 66.4 Å². The minimum Gasteiger partial charge on any atom is -0.545 e. The average Bonchev–Trinajstić information content (AvgIpc) is 3.32. The number of nitrogens with one attached hydrogen (secondary N) is 1. The third-order valence-corrected chi connectivity index (χ3v) is 5.83. The van der Waals surface area contributed by atoms with E-state index in [1.54, 1.807) is 25.3 Å². The summed E-state index contributed by atoms with van der Waals surface area (Å²) >= 11 is 1.20. The van der Waals surface area contributed by atoms with Crippen LogP contribution in [0.4, 0.5) is 0 Å². The molecule has 0 saturated heterocycles. The number of benzene rings is 3. The fourth-order valence-electron chi connectivity index (χ4n) is 3.23. The van der Waals surface area contributed by atoms with Gasteiger partial charge in [-0.25, -0.2) is 5.43 Å². The summed E-state index contributed by atoms with van der Waals surface area (Å²) in [4.78, 5) is 23.6. The van der Waals surface area contributed by atoms with Gasteiger partial charge in [0.1, 0.15) is 5.75 Å². The Kier molecular flexibility index (Phi) is 7.53. The maximum absolute atomic E-state index is 12.4. The Morgan fingerprint density at radius 3 is 2.46 bits per heavy atom.